The first-order chi connectivity index (χ1) is 11.1. The molecule has 23 heavy (non-hydrogen) atoms. The summed E-state index contributed by atoms with van der Waals surface area (Å²) in [6.45, 7) is 2.67. The van der Waals surface area contributed by atoms with Gasteiger partial charge in [-0.05, 0) is 30.7 Å². The molecule has 0 saturated heterocycles. The lowest BCUT2D eigenvalue weighted by Gasteiger charge is -2.17. The third-order valence-corrected chi connectivity index (χ3v) is 3.50. The zero-order valence-corrected chi connectivity index (χ0v) is 13.5. The lowest BCUT2D eigenvalue weighted by molar-refractivity contribution is 0.0948. The van der Waals surface area contributed by atoms with Crippen molar-refractivity contribution in [3.8, 4) is 0 Å². The van der Waals surface area contributed by atoms with Gasteiger partial charge >= 0.3 is 0 Å². The van der Waals surface area contributed by atoms with Gasteiger partial charge in [-0.15, -0.1) is 0 Å². The number of nitrogens with one attached hydrogen (secondary N) is 1. The second-order valence-electron chi connectivity index (χ2n) is 5.24. The lowest BCUT2D eigenvalue weighted by atomic mass is 10.2. The molecule has 0 aliphatic heterocycles. The molecule has 0 radical (unpaired) electrons. The number of unbranched alkanes of at least 4 members (excludes halogenated alkanes) is 1. The number of amides is 2. The van der Waals surface area contributed by atoms with Gasteiger partial charge in [-0.25, -0.2) is 0 Å². The van der Waals surface area contributed by atoms with E-state index in [9.17, 15) is 9.59 Å². The molecule has 0 aliphatic rings. The van der Waals surface area contributed by atoms with Crippen LogP contribution in [0.4, 0.5) is 5.69 Å². The van der Waals surface area contributed by atoms with E-state index in [0.29, 0.717) is 12.1 Å². The van der Waals surface area contributed by atoms with Gasteiger partial charge in [0.2, 0.25) is 0 Å². The zero-order valence-electron chi connectivity index (χ0n) is 13.5. The molecular formula is C18H21N3O2. The molecule has 0 fully saturated rings. The summed E-state index contributed by atoms with van der Waals surface area (Å²) in [5.74, 6) is -0.434. The summed E-state index contributed by atoms with van der Waals surface area (Å²) in [4.78, 5) is 30.2. The molecular weight excluding hydrogens is 290 g/mol. The van der Waals surface area contributed by atoms with Gasteiger partial charge in [-0.2, -0.15) is 0 Å². The van der Waals surface area contributed by atoms with Crippen LogP contribution in [0.15, 0.2) is 48.7 Å². The number of nitrogens with zero attached hydrogens (tertiary/aromatic N) is 2. The number of rotatable bonds is 6. The minimum absolute atomic E-state index is 0.179. The van der Waals surface area contributed by atoms with Crippen LogP contribution in [0.2, 0.25) is 0 Å². The van der Waals surface area contributed by atoms with Crippen molar-refractivity contribution in [3.05, 3.63) is 59.9 Å². The van der Waals surface area contributed by atoms with Crippen LogP contribution in [-0.4, -0.2) is 30.4 Å². The van der Waals surface area contributed by atoms with Crippen LogP contribution < -0.4 is 10.2 Å². The van der Waals surface area contributed by atoms with Gasteiger partial charge in [0.05, 0.1) is 0 Å². The molecule has 1 aromatic carbocycles. The third-order valence-electron chi connectivity index (χ3n) is 3.50. The molecule has 2 rings (SSSR count). The monoisotopic (exact) mass is 311 g/mol. The van der Waals surface area contributed by atoms with Gasteiger partial charge < -0.3 is 10.2 Å². The van der Waals surface area contributed by atoms with E-state index >= 15 is 0 Å². The van der Waals surface area contributed by atoms with Crippen molar-refractivity contribution in [1.82, 2.24) is 10.3 Å². The Morgan fingerprint density at radius 2 is 1.91 bits per heavy atom. The Kier molecular flexibility index (Phi) is 5.86. The van der Waals surface area contributed by atoms with Crippen molar-refractivity contribution < 1.29 is 9.59 Å². The number of hydrogen-bond donors (Lipinski definition) is 1. The van der Waals surface area contributed by atoms with E-state index in [-0.39, 0.29) is 17.5 Å². The van der Waals surface area contributed by atoms with Crippen LogP contribution in [0.1, 0.15) is 40.6 Å². The van der Waals surface area contributed by atoms with Crippen molar-refractivity contribution >= 4 is 17.5 Å². The molecule has 2 amide bonds. The number of pyridine rings is 1. The fourth-order valence-corrected chi connectivity index (χ4v) is 2.12. The molecule has 0 unspecified atom stereocenters. The Morgan fingerprint density at radius 1 is 1.17 bits per heavy atom. The van der Waals surface area contributed by atoms with Crippen LogP contribution in [0, 0.1) is 0 Å². The van der Waals surface area contributed by atoms with Crippen LogP contribution in [-0.2, 0) is 0 Å². The van der Waals surface area contributed by atoms with Crippen LogP contribution in [0.5, 0.6) is 0 Å². The molecule has 1 aromatic heterocycles. The number of carbonyl (C=O) groups is 2. The quantitative estimate of drug-likeness (QED) is 0.834. The highest BCUT2D eigenvalue weighted by molar-refractivity contribution is 6.06. The average Bonchev–Trinajstić information content (AvgIpc) is 2.61. The smallest absolute Gasteiger partial charge is 0.269 e. The maximum absolute atomic E-state index is 12.5. The summed E-state index contributed by atoms with van der Waals surface area (Å²) in [6, 6.07) is 12.5. The highest BCUT2D eigenvalue weighted by Crippen LogP contribution is 2.15. The molecule has 2 aromatic rings. The molecule has 1 heterocycles. The first-order valence-corrected chi connectivity index (χ1v) is 7.71. The summed E-state index contributed by atoms with van der Waals surface area (Å²) in [6.07, 6.45) is 3.41. The van der Waals surface area contributed by atoms with Gasteiger partial charge in [0.25, 0.3) is 11.8 Å². The van der Waals surface area contributed by atoms with Crippen molar-refractivity contribution in [2.45, 2.75) is 19.8 Å². The first kappa shape index (κ1) is 16.7. The Bertz CT molecular complexity index is 671. The van der Waals surface area contributed by atoms with E-state index in [0.717, 1.165) is 18.5 Å². The highest BCUT2D eigenvalue weighted by Gasteiger charge is 2.16. The zero-order chi connectivity index (χ0) is 16.7. The van der Waals surface area contributed by atoms with Crippen molar-refractivity contribution in [3.63, 3.8) is 0 Å². The topological polar surface area (TPSA) is 62.3 Å². The molecule has 120 valence electrons. The maximum Gasteiger partial charge on any atom is 0.269 e. The van der Waals surface area contributed by atoms with Gasteiger partial charge in [0.1, 0.15) is 5.69 Å². The van der Waals surface area contributed by atoms with Crippen molar-refractivity contribution in [2.24, 2.45) is 0 Å². The number of benzene rings is 1. The Balaban J connectivity index is 2.12. The lowest BCUT2D eigenvalue weighted by Crippen LogP contribution is -2.28. The molecule has 5 nitrogen and oxygen atoms in total. The van der Waals surface area contributed by atoms with E-state index in [2.05, 4.69) is 17.2 Å². The standard InChI is InChI=1S/C18H21N3O2/c1-3-4-11-20-17(22)16-13-14(10-12-19-16)18(23)21(2)15-8-6-5-7-9-15/h5-10,12-13H,3-4,11H2,1-2H3,(H,20,22). The molecule has 0 spiro atoms. The summed E-state index contributed by atoms with van der Waals surface area (Å²) in [7, 11) is 1.71. The molecule has 0 saturated carbocycles. The largest absolute Gasteiger partial charge is 0.351 e. The average molecular weight is 311 g/mol. The summed E-state index contributed by atoms with van der Waals surface area (Å²) >= 11 is 0. The summed E-state index contributed by atoms with van der Waals surface area (Å²) in [5.41, 5.74) is 1.49. The summed E-state index contributed by atoms with van der Waals surface area (Å²) < 4.78 is 0. The van der Waals surface area contributed by atoms with Gasteiger partial charge in [0.15, 0.2) is 0 Å². The van der Waals surface area contributed by atoms with E-state index < -0.39 is 0 Å². The maximum atomic E-state index is 12.5. The van der Waals surface area contributed by atoms with Crippen LogP contribution >= 0.6 is 0 Å². The SMILES string of the molecule is CCCCNC(=O)c1cc(C(=O)N(C)c2ccccc2)ccn1. The Labute approximate surface area is 136 Å². The van der Waals surface area contributed by atoms with Gasteiger partial charge in [0, 0.05) is 31.0 Å². The van der Waals surface area contributed by atoms with Crippen LogP contribution in [0.25, 0.3) is 0 Å². The van der Waals surface area contributed by atoms with E-state index in [1.165, 1.54) is 12.3 Å². The molecule has 0 bridgehead atoms. The Morgan fingerprint density at radius 3 is 2.61 bits per heavy atom. The fourth-order valence-electron chi connectivity index (χ4n) is 2.12. The minimum Gasteiger partial charge on any atom is -0.351 e. The Hall–Kier alpha value is -2.69. The molecule has 1 N–H and O–H groups in total. The second kappa shape index (κ2) is 8.08. The van der Waals surface area contributed by atoms with E-state index in [1.807, 2.05) is 30.3 Å². The molecule has 0 atom stereocenters. The minimum atomic E-state index is -0.254. The van der Waals surface area contributed by atoms with E-state index in [1.54, 1.807) is 18.0 Å². The van der Waals surface area contributed by atoms with Crippen molar-refractivity contribution in [1.29, 1.82) is 0 Å². The third kappa shape index (κ3) is 4.39. The first-order valence-electron chi connectivity index (χ1n) is 7.71. The normalized spacial score (nSPS) is 10.2. The molecule has 0 aliphatic carbocycles. The number of para-hydroxylation sites is 1. The molecule has 5 heteroatoms. The second-order valence-corrected chi connectivity index (χ2v) is 5.24. The fraction of sp³-hybridized carbons (Fsp3) is 0.278. The number of carbonyl (C=O) groups excluding carboxylic acids is 2. The highest BCUT2D eigenvalue weighted by atomic mass is 16.2. The van der Waals surface area contributed by atoms with Gasteiger partial charge in [-0.1, -0.05) is 31.5 Å². The van der Waals surface area contributed by atoms with Crippen LogP contribution in [0.3, 0.4) is 0 Å². The van der Waals surface area contributed by atoms with E-state index in [4.69, 9.17) is 0 Å². The number of anilines is 1. The van der Waals surface area contributed by atoms with Gasteiger partial charge in [-0.3, -0.25) is 14.6 Å². The predicted molar refractivity (Wildman–Crippen MR) is 90.7 cm³/mol. The number of hydrogen-bond acceptors (Lipinski definition) is 3. The summed E-state index contributed by atoms with van der Waals surface area (Å²) in [5, 5.41) is 2.80. The van der Waals surface area contributed by atoms with Crippen molar-refractivity contribution in [2.75, 3.05) is 18.5 Å². The predicted octanol–water partition coefficient (Wildman–Crippen LogP) is 2.89. The number of aromatic nitrogens is 1.